The highest BCUT2D eigenvalue weighted by atomic mass is 79.9. The topological polar surface area (TPSA) is 55.1 Å². The summed E-state index contributed by atoms with van der Waals surface area (Å²) in [5, 5.41) is 3.33. The van der Waals surface area contributed by atoms with Gasteiger partial charge in [-0.15, -0.1) is 0 Å². The zero-order valence-electron chi connectivity index (χ0n) is 15.2. The molecule has 1 heterocycles. The molecule has 140 valence electrons. The summed E-state index contributed by atoms with van der Waals surface area (Å²) < 4.78 is 6.70. The number of nitrogens with zero attached hydrogens (tertiary/aromatic N) is 1. The summed E-state index contributed by atoms with van der Waals surface area (Å²) >= 11 is 9.54. The fourth-order valence-electron chi connectivity index (χ4n) is 3.02. The fraction of sp³-hybridized carbons (Fsp3) is 0.0909. The van der Waals surface area contributed by atoms with Crippen LogP contribution in [0.5, 0.6) is 0 Å². The fourth-order valence-corrected chi connectivity index (χ4v) is 3.58. The third-order valence-electron chi connectivity index (χ3n) is 4.53. The van der Waals surface area contributed by atoms with E-state index in [1.54, 1.807) is 18.2 Å². The lowest BCUT2D eigenvalue weighted by molar-refractivity contribution is 0.102. The van der Waals surface area contributed by atoms with Gasteiger partial charge in [-0.2, -0.15) is 0 Å². The van der Waals surface area contributed by atoms with Crippen LogP contribution in [0.3, 0.4) is 0 Å². The van der Waals surface area contributed by atoms with E-state index in [9.17, 15) is 4.79 Å². The van der Waals surface area contributed by atoms with Crippen molar-refractivity contribution in [1.82, 2.24) is 4.98 Å². The second-order valence-corrected chi connectivity index (χ2v) is 7.87. The van der Waals surface area contributed by atoms with Gasteiger partial charge in [0.1, 0.15) is 5.52 Å². The second-order valence-electron chi connectivity index (χ2n) is 6.55. The minimum Gasteiger partial charge on any atom is -0.436 e. The van der Waals surface area contributed by atoms with Gasteiger partial charge in [-0.1, -0.05) is 39.7 Å². The Hall–Kier alpha value is -2.63. The predicted molar refractivity (Wildman–Crippen MR) is 116 cm³/mol. The third kappa shape index (κ3) is 3.55. The average Bonchev–Trinajstić information content (AvgIpc) is 3.08. The van der Waals surface area contributed by atoms with E-state index >= 15 is 0 Å². The maximum atomic E-state index is 12.7. The highest BCUT2D eigenvalue weighted by Crippen LogP contribution is 2.31. The van der Waals surface area contributed by atoms with Gasteiger partial charge in [-0.25, -0.2) is 4.98 Å². The Morgan fingerprint density at radius 1 is 1.11 bits per heavy atom. The summed E-state index contributed by atoms with van der Waals surface area (Å²) in [6.07, 6.45) is 0. The summed E-state index contributed by atoms with van der Waals surface area (Å²) in [5.74, 6) is 0.245. The first-order valence-corrected chi connectivity index (χ1v) is 9.83. The molecule has 0 saturated heterocycles. The monoisotopic (exact) mass is 454 g/mol. The van der Waals surface area contributed by atoms with E-state index in [4.69, 9.17) is 16.0 Å². The van der Waals surface area contributed by atoms with Crippen LogP contribution in [0.25, 0.3) is 22.6 Å². The van der Waals surface area contributed by atoms with Crippen LogP contribution in [0.15, 0.2) is 63.5 Å². The maximum Gasteiger partial charge on any atom is 0.257 e. The Bertz CT molecular complexity index is 1220. The number of halogens is 2. The molecule has 0 aliphatic heterocycles. The number of aromatic nitrogens is 1. The summed E-state index contributed by atoms with van der Waals surface area (Å²) in [4.78, 5) is 17.3. The van der Waals surface area contributed by atoms with Gasteiger partial charge in [0.15, 0.2) is 5.58 Å². The van der Waals surface area contributed by atoms with E-state index in [2.05, 4.69) is 26.2 Å². The molecule has 0 unspecified atom stereocenters. The number of hydrogen-bond donors (Lipinski definition) is 1. The lowest BCUT2D eigenvalue weighted by atomic mass is 10.1. The zero-order valence-corrected chi connectivity index (χ0v) is 17.6. The number of rotatable bonds is 3. The Balaban J connectivity index is 1.70. The Kier molecular flexibility index (Phi) is 4.96. The van der Waals surface area contributed by atoms with Crippen molar-refractivity contribution in [3.8, 4) is 11.5 Å². The lowest BCUT2D eigenvalue weighted by Gasteiger charge is -2.12. The van der Waals surface area contributed by atoms with Crippen molar-refractivity contribution in [1.29, 1.82) is 0 Å². The molecule has 0 atom stereocenters. The maximum absolute atomic E-state index is 12.7. The van der Waals surface area contributed by atoms with Crippen LogP contribution >= 0.6 is 27.5 Å². The number of anilines is 1. The van der Waals surface area contributed by atoms with Crippen LogP contribution in [0, 0.1) is 13.8 Å². The highest BCUT2D eigenvalue weighted by molar-refractivity contribution is 9.10. The van der Waals surface area contributed by atoms with Crippen LogP contribution in [0.4, 0.5) is 5.69 Å². The van der Waals surface area contributed by atoms with E-state index in [1.165, 1.54) is 0 Å². The van der Waals surface area contributed by atoms with Crippen LogP contribution in [-0.4, -0.2) is 10.9 Å². The molecule has 0 saturated carbocycles. The van der Waals surface area contributed by atoms with Crippen LogP contribution in [-0.2, 0) is 0 Å². The van der Waals surface area contributed by atoms with E-state index in [0.29, 0.717) is 22.2 Å². The zero-order chi connectivity index (χ0) is 19.8. The van der Waals surface area contributed by atoms with Crippen LogP contribution < -0.4 is 5.32 Å². The molecule has 1 aromatic heterocycles. The third-order valence-corrected chi connectivity index (χ3v) is 5.35. The Morgan fingerprint density at radius 3 is 2.75 bits per heavy atom. The number of benzene rings is 3. The molecular formula is C22H16BrClN2O2. The lowest BCUT2D eigenvalue weighted by Crippen LogP contribution is -2.13. The van der Waals surface area contributed by atoms with Crippen molar-refractivity contribution in [2.75, 3.05) is 5.32 Å². The van der Waals surface area contributed by atoms with Crippen molar-refractivity contribution in [3.05, 3.63) is 80.8 Å². The van der Waals surface area contributed by atoms with Gasteiger partial charge in [0, 0.05) is 15.7 Å². The largest absolute Gasteiger partial charge is 0.436 e. The molecule has 0 fully saturated rings. The van der Waals surface area contributed by atoms with Gasteiger partial charge in [0.05, 0.1) is 10.6 Å². The summed E-state index contributed by atoms with van der Waals surface area (Å²) in [6, 6.07) is 16.7. The molecule has 0 spiro atoms. The molecule has 4 aromatic rings. The molecule has 0 radical (unpaired) electrons. The van der Waals surface area contributed by atoms with Gasteiger partial charge in [0.25, 0.3) is 5.91 Å². The van der Waals surface area contributed by atoms with Crippen molar-refractivity contribution < 1.29 is 9.21 Å². The number of carbonyl (C=O) groups is 1. The van der Waals surface area contributed by atoms with Crippen molar-refractivity contribution in [2.45, 2.75) is 13.8 Å². The smallest absolute Gasteiger partial charge is 0.257 e. The normalized spacial score (nSPS) is 11.0. The molecule has 4 nitrogen and oxygen atoms in total. The van der Waals surface area contributed by atoms with Crippen molar-refractivity contribution >= 4 is 50.2 Å². The van der Waals surface area contributed by atoms with E-state index in [0.717, 1.165) is 32.3 Å². The van der Waals surface area contributed by atoms with E-state index < -0.39 is 0 Å². The summed E-state index contributed by atoms with van der Waals surface area (Å²) in [7, 11) is 0. The first-order valence-electron chi connectivity index (χ1n) is 8.66. The van der Waals surface area contributed by atoms with E-state index in [-0.39, 0.29) is 5.91 Å². The number of nitrogens with one attached hydrogen (secondary N) is 1. The molecule has 1 N–H and O–H groups in total. The standard InChI is InChI=1S/C22H16BrClN2O2/c1-12-6-9-20-19(10-12)26-22(28-20)15-4-3-5-18(13(15)2)25-21(27)16-11-14(23)7-8-17(16)24/h3-11H,1-2H3,(H,25,27). The highest BCUT2D eigenvalue weighted by Gasteiger charge is 2.16. The first-order chi connectivity index (χ1) is 13.4. The minimum atomic E-state index is -0.278. The summed E-state index contributed by atoms with van der Waals surface area (Å²) in [6.45, 7) is 3.94. The molecule has 1 amide bonds. The quantitative estimate of drug-likeness (QED) is 0.370. The van der Waals surface area contributed by atoms with Gasteiger partial charge >= 0.3 is 0 Å². The molecular weight excluding hydrogens is 440 g/mol. The number of hydrogen-bond acceptors (Lipinski definition) is 3. The predicted octanol–water partition coefficient (Wildman–Crippen LogP) is 6.78. The molecule has 0 aliphatic rings. The number of carbonyl (C=O) groups excluding carboxylic acids is 1. The number of amides is 1. The van der Waals surface area contributed by atoms with Crippen molar-refractivity contribution in [3.63, 3.8) is 0 Å². The van der Waals surface area contributed by atoms with E-state index in [1.807, 2.05) is 50.2 Å². The Labute approximate surface area is 175 Å². The van der Waals surface area contributed by atoms with Gasteiger partial charge in [-0.05, 0) is 67.4 Å². The molecule has 6 heteroatoms. The molecule has 3 aromatic carbocycles. The first kappa shape index (κ1) is 18.7. The average molecular weight is 456 g/mol. The van der Waals surface area contributed by atoms with Gasteiger partial charge in [0.2, 0.25) is 5.89 Å². The Morgan fingerprint density at radius 2 is 1.93 bits per heavy atom. The molecule has 0 aliphatic carbocycles. The molecule has 4 rings (SSSR count). The molecule has 0 bridgehead atoms. The number of oxazole rings is 1. The van der Waals surface area contributed by atoms with Crippen LogP contribution in [0.1, 0.15) is 21.5 Å². The summed E-state index contributed by atoms with van der Waals surface area (Å²) in [5.41, 5.74) is 5.43. The number of aryl methyl sites for hydroxylation is 1. The van der Waals surface area contributed by atoms with Gasteiger partial charge < -0.3 is 9.73 Å². The van der Waals surface area contributed by atoms with Crippen LogP contribution in [0.2, 0.25) is 5.02 Å². The van der Waals surface area contributed by atoms with Gasteiger partial charge in [-0.3, -0.25) is 4.79 Å². The number of fused-ring (bicyclic) bond motifs is 1. The van der Waals surface area contributed by atoms with Crippen molar-refractivity contribution in [2.24, 2.45) is 0 Å². The second kappa shape index (κ2) is 7.41. The SMILES string of the molecule is Cc1ccc2oc(-c3cccc(NC(=O)c4cc(Br)ccc4Cl)c3C)nc2c1. The minimum absolute atomic E-state index is 0.278. The molecule has 28 heavy (non-hydrogen) atoms.